The summed E-state index contributed by atoms with van der Waals surface area (Å²) >= 11 is 5.83. The number of aromatic amines is 1. The van der Waals surface area contributed by atoms with Crippen molar-refractivity contribution in [3.63, 3.8) is 0 Å². The van der Waals surface area contributed by atoms with Gasteiger partial charge in [-0.2, -0.15) is 0 Å². The lowest BCUT2D eigenvalue weighted by Crippen LogP contribution is -3.13. The highest BCUT2D eigenvalue weighted by Gasteiger charge is 2.24. The highest BCUT2D eigenvalue weighted by Crippen LogP contribution is 2.15. The molecular formula is C18H22ClN3O2+2. The molecule has 2 aromatic rings. The standard InChI is InChI=1S/C18H20ClN3O2/c19-16-3-5-17(6-4-16)24-14-18(23)22-10-8-21(9-11-22)13-15-2-1-7-20-12-15/h1-7,12H,8-11,13-14H2/p+2. The number of pyridine rings is 1. The van der Waals surface area contributed by atoms with Crippen molar-refractivity contribution in [1.29, 1.82) is 0 Å². The van der Waals surface area contributed by atoms with Crippen LogP contribution in [0.3, 0.4) is 0 Å². The third kappa shape index (κ3) is 4.69. The number of amides is 1. The van der Waals surface area contributed by atoms with E-state index in [-0.39, 0.29) is 12.5 Å². The van der Waals surface area contributed by atoms with E-state index in [2.05, 4.69) is 11.1 Å². The van der Waals surface area contributed by atoms with Crippen molar-refractivity contribution in [1.82, 2.24) is 4.90 Å². The molecule has 1 aromatic heterocycles. The molecule has 24 heavy (non-hydrogen) atoms. The number of nitrogens with one attached hydrogen (secondary N) is 2. The minimum Gasteiger partial charge on any atom is -0.484 e. The first-order valence-electron chi connectivity index (χ1n) is 8.15. The van der Waals surface area contributed by atoms with Gasteiger partial charge in [-0.1, -0.05) is 11.6 Å². The van der Waals surface area contributed by atoms with E-state index in [0.29, 0.717) is 10.8 Å². The van der Waals surface area contributed by atoms with Gasteiger partial charge in [0.25, 0.3) is 5.91 Å². The summed E-state index contributed by atoms with van der Waals surface area (Å²) in [7, 11) is 0. The summed E-state index contributed by atoms with van der Waals surface area (Å²) in [4.78, 5) is 18.8. The summed E-state index contributed by atoms with van der Waals surface area (Å²) in [6.07, 6.45) is 3.95. The Morgan fingerprint density at radius 1 is 1.21 bits per heavy atom. The van der Waals surface area contributed by atoms with Gasteiger partial charge in [-0.05, 0) is 30.3 Å². The van der Waals surface area contributed by atoms with Crippen LogP contribution in [0.25, 0.3) is 0 Å². The molecule has 1 aliphatic heterocycles. The summed E-state index contributed by atoms with van der Waals surface area (Å²) in [5, 5.41) is 0.656. The molecule has 1 amide bonds. The van der Waals surface area contributed by atoms with Crippen molar-refractivity contribution in [2.24, 2.45) is 0 Å². The summed E-state index contributed by atoms with van der Waals surface area (Å²) in [6.45, 7) is 4.53. The first-order valence-corrected chi connectivity index (χ1v) is 8.53. The molecule has 0 saturated carbocycles. The highest BCUT2D eigenvalue weighted by atomic mass is 35.5. The fourth-order valence-electron chi connectivity index (χ4n) is 2.85. The first-order chi connectivity index (χ1) is 11.7. The topological polar surface area (TPSA) is 48.1 Å². The molecule has 1 aromatic carbocycles. The number of halogens is 1. The fraction of sp³-hybridized carbons (Fsp3) is 0.333. The van der Waals surface area contributed by atoms with E-state index in [1.807, 2.05) is 23.4 Å². The number of hydrogen-bond donors (Lipinski definition) is 1. The Labute approximate surface area is 146 Å². The fourth-order valence-corrected chi connectivity index (χ4v) is 2.97. The average molecular weight is 348 g/mol. The third-order valence-corrected chi connectivity index (χ3v) is 4.48. The Hall–Kier alpha value is -2.11. The maximum atomic E-state index is 12.3. The second-order valence-electron chi connectivity index (χ2n) is 5.96. The highest BCUT2D eigenvalue weighted by molar-refractivity contribution is 6.30. The molecule has 0 radical (unpaired) electrons. The zero-order chi connectivity index (χ0) is 16.8. The Morgan fingerprint density at radius 3 is 2.62 bits per heavy atom. The summed E-state index contributed by atoms with van der Waals surface area (Å²) in [5.41, 5.74) is 1.29. The Bertz CT molecular complexity index is 656. The van der Waals surface area contributed by atoms with Crippen LogP contribution < -0.4 is 14.6 Å². The molecule has 5 nitrogen and oxygen atoms in total. The van der Waals surface area contributed by atoms with Gasteiger partial charge in [0.1, 0.15) is 12.3 Å². The molecule has 0 atom stereocenters. The van der Waals surface area contributed by atoms with Crippen LogP contribution >= 0.6 is 11.6 Å². The molecule has 0 spiro atoms. The van der Waals surface area contributed by atoms with E-state index in [1.165, 1.54) is 10.5 Å². The first kappa shape index (κ1) is 16.7. The monoisotopic (exact) mass is 347 g/mol. The average Bonchev–Trinajstić information content (AvgIpc) is 2.62. The summed E-state index contributed by atoms with van der Waals surface area (Å²) in [6, 6.07) is 11.2. The van der Waals surface area contributed by atoms with Gasteiger partial charge in [0.05, 0.1) is 31.7 Å². The van der Waals surface area contributed by atoms with E-state index in [9.17, 15) is 4.79 Å². The number of hydrogen-bond acceptors (Lipinski definition) is 2. The van der Waals surface area contributed by atoms with Crippen LogP contribution in [0.1, 0.15) is 5.56 Å². The van der Waals surface area contributed by atoms with Gasteiger partial charge >= 0.3 is 0 Å². The van der Waals surface area contributed by atoms with Crippen LogP contribution in [0.5, 0.6) is 5.75 Å². The van der Waals surface area contributed by atoms with E-state index >= 15 is 0 Å². The second-order valence-corrected chi connectivity index (χ2v) is 6.40. The molecule has 1 aliphatic rings. The number of carbonyl (C=O) groups excluding carboxylic acids is 1. The lowest BCUT2D eigenvalue weighted by molar-refractivity contribution is -0.917. The Balaban J connectivity index is 1.42. The van der Waals surface area contributed by atoms with Crippen LogP contribution in [-0.4, -0.2) is 43.6 Å². The van der Waals surface area contributed by atoms with Crippen LogP contribution in [0.4, 0.5) is 0 Å². The summed E-state index contributed by atoms with van der Waals surface area (Å²) < 4.78 is 5.54. The van der Waals surface area contributed by atoms with E-state index in [1.54, 1.807) is 24.3 Å². The molecule has 1 saturated heterocycles. The number of nitrogens with zero attached hydrogens (tertiary/aromatic N) is 1. The van der Waals surface area contributed by atoms with E-state index in [4.69, 9.17) is 16.3 Å². The van der Waals surface area contributed by atoms with Gasteiger partial charge in [0.2, 0.25) is 0 Å². The molecule has 126 valence electrons. The maximum Gasteiger partial charge on any atom is 0.260 e. The van der Waals surface area contributed by atoms with Crippen LogP contribution in [0.2, 0.25) is 5.02 Å². The van der Waals surface area contributed by atoms with Gasteiger partial charge < -0.3 is 14.5 Å². The predicted molar refractivity (Wildman–Crippen MR) is 90.9 cm³/mol. The van der Waals surface area contributed by atoms with Crippen LogP contribution in [0.15, 0.2) is 48.8 Å². The largest absolute Gasteiger partial charge is 0.484 e. The molecule has 2 heterocycles. The molecule has 0 aliphatic carbocycles. The van der Waals surface area contributed by atoms with Gasteiger partial charge in [-0.3, -0.25) is 4.79 Å². The number of aromatic nitrogens is 1. The minimum atomic E-state index is 0.0389. The Morgan fingerprint density at radius 2 is 1.96 bits per heavy atom. The molecule has 3 rings (SSSR count). The van der Waals surface area contributed by atoms with Crippen molar-refractivity contribution in [3.05, 3.63) is 59.4 Å². The number of carbonyl (C=O) groups is 1. The number of piperazine rings is 1. The smallest absolute Gasteiger partial charge is 0.260 e. The lowest BCUT2D eigenvalue weighted by Gasteiger charge is -2.32. The molecule has 1 fully saturated rings. The zero-order valence-corrected chi connectivity index (χ0v) is 14.3. The summed E-state index contributed by atoms with van der Waals surface area (Å²) in [5.74, 6) is 0.703. The van der Waals surface area contributed by atoms with Crippen molar-refractivity contribution >= 4 is 17.5 Å². The van der Waals surface area contributed by atoms with E-state index < -0.39 is 0 Å². The van der Waals surface area contributed by atoms with Gasteiger partial charge in [-0.15, -0.1) is 0 Å². The predicted octanol–water partition coefficient (Wildman–Crippen LogP) is 0.460. The number of ether oxygens (including phenoxy) is 1. The van der Waals surface area contributed by atoms with Crippen molar-refractivity contribution < 1.29 is 19.4 Å². The molecule has 6 heteroatoms. The molecule has 0 unspecified atom stereocenters. The number of rotatable bonds is 5. The quantitative estimate of drug-likeness (QED) is 0.854. The maximum absolute atomic E-state index is 12.3. The second kappa shape index (κ2) is 8.13. The lowest BCUT2D eigenvalue weighted by atomic mass is 10.2. The van der Waals surface area contributed by atoms with Gasteiger partial charge in [0, 0.05) is 11.1 Å². The number of H-pyrrole nitrogens is 1. The Kier molecular flexibility index (Phi) is 5.67. The SMILES string of the molecule is O=C(COc1ccc(Cl)cc1)N1CC[NH+](Cc2ccc[nH+]c2)CC1. The van der Waals surface area contributed by atoms with Gasteiger partial charge in [0.15, 0.2) is 19.0 Å². The molecule has 0 bridgehead atoms. The molecular weight excluding hydrogens is 326 g/mol. The molecule has 2 N–H and O–H groups in total. The minimum absolute atomic E-state index is 0.0389. The number of benzene rings is 1. The van der Waals surface area contributed by atoms with Gasteiger partial charge in [-0.25, -0.2) is 4.98 Å². The van der Waals surface area contributed by atoms with Crippen molar-refractivity contribution in [2.45, 2.75) is 6.54 Å². The normalized spacial score (nSPS) is 15.3. The van der Waals surface area contributed by atoms with E-state index in [0.717, 1.165) is 32.7 Å². The van der Waals surface area contributed by atoms with Crippen LogP contribution in [-0.2, 0) is 11.3 Å². The third-order valence-electron chi connectivity index (χ3n) is 4.22. The van der Waals surface area contributed by atoms with Crippen molar-refractivity contribution in [2.75, 3.05) is 32.8 Å². The van der Waals surface area contributed by atoms with Crippen LogP contribution in [0, 0.1) is 0 Å². The number of quaternary nitrogens is 1. The van der Waals surface area contributed by atoms with Crippen molar-refractivity contribution in [3.8, 4) is 5.75 Å². The zero-order valence-electron chi connectivity index (χ0n) is 13.5.